The van der Waals surface area contributed by atoms with E-state index in [1.807, 2.05) is 6.33 Å². The van der Waals surface area contributed by atoms with E-state index in [2.05, 4.69) is 16.5 Å². The lowest BCUT2D eigenvalue weighted by Crippen LogP contribution is -2.13. The highest BCUT2D eigenvalue weighted by atomic mass is 16.5. The zero-order valence-corrected chi connectivity index (χ0v) is 6.71. The van der Waals surface area contributed by atoms with Crippen molar-refractivity contribution in [3.8, 4) is 5.88 Å². The average Bonchev–Trinajstić information content (AvgIpc) is 2.47. The van der Waals surface area contributed by atoms with Crippen LogP contribution in [0.1, 0.15) is 19.0 Å². The maximum atomic E-state index is 5.49. The molecule has 11 heavy (non-hydrogen) atoms. The summed E-state index contributed by atoms with van der Waals surface area (Å²) in [5.41, 5.74) is 1.09. The van der Waals surface area contributed by atoms with Gasteiger partial charge in [-0.3, -0.25) is 0 Å². The van der Waals surface area contributed by atoms with Gasteiger partial charge in [-0.2, -0.15) is 0 Å². The van der Waals surface area contributed by atoms with Crippen LogP contribution in [0.3, 0.4) is 0 Å². The number of imidazole rings is 1. The quantitative estimate of drug-likeness (QED) is 0.605. The van der Waals surface area contributed by atoms with Crippen molar-refractivity contribution < 1.29 is 4.74 Å². The van der Waals surface area contributed by atoms with Crippen molar-refractivity contribution in [3.63, 3.8) is 0 Å². The number of hydrogen-bond acceptors (Lipinski definition) is 2. The second-order valence-electron chi connectivity index (χ2n) is 2.75. The molecule has 0 radical (unpaired) electrons. The fourth-order valence-corrected chi connectivity index (χ4v) is 1.38. The fraction of sp³-hybridized carbons (Fsp3) is 0.625. The number of fused-ring (bicyclic) bond motifs is 1. The van der Waals surface area contributed by atoms with Crippen LogP contribution in [0.15, 0.2) is 6.33 Å². The molecule has 0 atom stereocenters. The average molecular weight is 152 g/mol. The molecule has 0 aliphatic carbocycles. The Morgan fingerprint density at radius 3 is 3.45 bits per heavy atom. The van der Waals surface area contributed by atoms with E-state index < -0.39 is 0 Å². The van der Waals surface area contributed by atoms with Crippen LogP contribution in [0.25, 0.3) is 0 Å². The van der Waals surface area contributed by atoms with Gasteiger partial charge in [-0.1, -0.05) is 6.92 Å². The first kappa shape index (κ1) is 6.70. The number of rotatable bonds is 1. The molecule has 0 N–H and O–H groups in total. The van der Waals surface area contributed by atoms with E-state index in [4.69, 9.17) is 4.74 Å². The minimum absolute atomic E-state index is 0.846. The van der Waals surface area contributed by atoms with Crippen LogP contribution < -0.4 is 4.74 Å². The van der Waals surface area contributed by atoms with E-state index in [1.165, 1.54) is 0 Å². The van der Waals surface area contributed by atoms with Gasteiger partial charge >= 0.3 is 0 Å². The number of nitrogens with zero attached hydrogens (tertiary/aromatic N) is 2. The molecule has 2 heterocycles. The summed E-state index contributed by atoms with van der Waals surface area (Å²) in [7, 11) is 0. The number of aromatic nitrogens is 2. The first-order valence-electron chi connectivity index (χ1n) is 4.08. The standard InChI is InChI=1S/C8H12N2O/c1-2-7-8-10(6-9-7)4-3-5-11-8/h6H,2-5H2,1H3. The van der Waals surface area contributed by atoms with Crippen LogP contribution in [-0.2, 0) is 13.0 Å². The second-order valence-corrected chi connectivity index (χ2v) is 2.75. The fourth-order valence-electron chi connectivity index (χ4n) is 1.38. The molecule has 0 bridgehead atoms. The predicted molar refractivity (Wildman–Crippen MR) is 41.7 cm³/mol. The van der Waals surface area contributed by atoms with Gasteiger partial charge in [-0.15, -0.1) is 0 Å². The lowest BCUT2D eigenvalue weighted by atomic mass is 10.3. The van der Waals surface area contributed by atoms with Gasteiger partial charge in [0.15, 0.2) is 0 Å². The molecule has 3 heteroatoms. The molecule has 0 spiro atoms. The predicted octanol–water partition coefficient (Wildman–Crippen LogP) is 1.23. The lowest BCUT2D eigenvalue weighted by Gasteiger charge is -2.15. The number of ether oxygens (including phenoxy) is 1. The van der Waals surface area contributed by atoms with E-state index >= 15 is 0 Å². The summed E-state index contributed by atoms with van der Waals surface area (Å²) >= 11 is 0. The van der Waals surface area contributed by atoms with Crippen molar-refractivity contribution in [1.29, 1.82) is 0 Å². The van der Waals surface area contributed by atoms with Gasteiger partial charge in [0.05, 0.1) is 12.9 Å². The maximum Gasteiger partial charge on any atom is 0.216 e. The monoisotopic (exact) mass is 152 g/mol. The molecule has 0 saturated carbocycles. The lowest BCUT2D eigenvalue weighted by molar-refractivity contribution is 0.239. The summed E-state index contributed by atoms with van der Waals surface area (Å²) in [4.78, 5) is 4.25. The van der Waals surface area contributed by atoms with Crippen LogP contribution in [0.2, 0.25) is 0 Å². The van der Waals surface area contributed by atoms with E-state index in [1.54, 1.807) is 0 Å². The third kappa shape index (κ3) is 1.00. The molecule has 0 aromatic carbocycles. The van der Waals surface area contributed by atoms with Crippen molar-refractivity contribution in [2.75, 3.05) is 6.61 Å². The van der Waals surface area contributed by atoms with Crippen LogP contribution in [0.5, 0.6) is 5.88 Å². The highest BCUT2D eigenvalue weighted by Gasteiger charge is 2.13. The molecular weight excluding hydrogens is 140 g/mol. The smallest absolute Gasteiger partial charge is 0.216 e. The van der Waals surface area contributed by atoms with Crippen LogP contribution >= 0.6 is 0 Å². The van der Waals surface area contributed by atoms with E-state index in [0.717, 1.165) is 37.6 Å². The second kappa shape index (κ2) is 2.57. The highest BCUT2D eigenvalue weighted by molar-refractivity contribution is 5.20. The molecule has 0 amide bonds. The Morgan fingerprint density at radius 2 is 2.64 bits per heavy atom. The van der Waals surface area contributed by atoms with Crippen molar-refractivity contribution in [3.05, 3.63) is 12.0 Å². The van der Waals surface area contributed by atoms with Gasteiger partial charge in [-0.05, 0) is 12.8 Å². The van der Waals surface area contributed by atoms with Gasteiger partial charge in [0.2, 0.25) is 5.88 Å². The Bertz CT molecular complexity index is 241. The topological polar surface area (TPSA) is 27.1 Å². The Kier molecular flexibility index (Phi) is 1.56. The number of hydrogen-bond donors (Lipinski definition) is 0. The van der Waals surface area contributed by atoms with Crippen molar-refractivity contribution in [2.45, 2.75) is 26.3 Å². The van der Waals surface area contributed by atoms with Crippen molar-refractivity contribution in [1.82, 2.24) is 9.55 Å². The van der Waals surface area contributed by atoms with Gasteiger partial charge in [0, 0.05) is 6.54 Å². The molecule has 0 saturated heterocycles. The van der Waals surface area contributed by atoms with Gasteiger partial charge in [0.1, 0.15) is 5.69 Å². The minimum Gasteiger partial charge on any atom is -0.477 e. The highest BCUT2D eigenvalue weighted by Crippen LogP contribution is 2.21. The van der Waals surface area contributed by atoms with E-state index in [0.29, 0.717) is 0 Å². The van der Waals surface area contributed by atoms with Gasteiger partial charge in [-0.25, -0.2) is 4.98 Å². The Balaban J connectivity index is 2.38. The summed E-state index contributed by atoms with van der Waals surface area (Å²) in [6, 6.07) is 0. The van der Waals surface area contributed by atoms with Crippen LogP contribution in [0.4, 0.5) is 0 Å². The molecular formula is C8H12N2O. The first-order chi connectivity index (χ1) is 5.42. The third-order valence-corrected chi connectivity index (χ3v) is 1.98. The summed E-state index contributed by atoms with van der Waals surface area (Å²) in [5.74, 6) is 0.985. The molecule has 0 unspecified atom stereocenters. The van der Waals surface area contributed by atoms with Gasteiger partial charge < -0.3 is 9.30 Å². The maximum absolute atomic E-state index is 5.49. The summed E-state index contributed by atoms with van der Waals surface area (Å²) in [6.07, 6.45) is 3.93. The van der Waals surface area contributed by atoms with Crippen LogP contribution in [0, 0.1) is 0 Å². The molecule has 0 fully saturated rings. The Hall–Kier alpha value is -0.990. The summed E-state index contributed by atoms with van der Waals surface area (Å²) in [5, 5.41) is 0. The zero-order valence-electron chi connectivity index (χ0n) is 6.71. The zero-order chi connectivity index (χ0) is 7.68. The molecule has 1 aliphatic rings. The Morgan fingerprint density at radius 1 is 1.73 bits per heavy atom. The minimum atomic E-state index is 0.846. The molecule has 1 aliphatic heterocycles. The molecule has 1 aromatic heterocycles. The summed E-state index contributed by atoms with van der Waals surface area (Å²) in [6.45, 7) is 4.00. The SMILES string of the molecule is CCc1ncn2c1OCCC2. The normalized spacial score (nSPS) is 15.7. The largest absolute Gasteiger partial charge is 0.477 e. The van der Waals surface area contributed by atoms with E-state index in [-0.39, 0.29) is 0 Å². The third-order valence-electron chi connectivity index (χ3n) is 1.98. The first-order valence-corrected chi connectivity index (χ1v) is 4.08. The summed E-state index contributed by atoms with van der Waals surface area (Å²) < 4.78 is 7.57. The molecule has 2 rings (SSSR count). The Labute approximate surface area is 66.0 Å². The molecule has 3 nitrogen and oxygen atoms in total. The number of aryl methyl sites for hydroxylation is 2. The van der Waals surface area contributed by atoms with Crippen molar-refractivity contribution >= 4 is 0 Å². The van der Waals surface area contributed by atoms with Crippen molar-refractivity contribution in [2.24, 2.45) is 0 Å². The van der Waals surface area contributed by atoms with Gasteiger partial charge in [0.25, 0.3) is 0 Å². The molecule has 1 aromatic rings. The van der Waals surface area contributed by atoms with E-state index in [9.17, 15) is 0 Å². The van der Waals surface area contributed by atoms with Crippen LogP contribution in [-0.4, -0.2) is 16.2 Å². The molecule has 60 valence electrons.